The maximum Gasteiger partial charge on any atom is 0.335 e. The number of H-pyrrole nitrogens is 1. The number of carbonyl (C=O) groups is 12. The van der Waals surface area contributed by atoms with Gasteiger partial charge in [-0.15, -0.1) is 5.10 Å². The Labute approximate surface area is 600 Å². The summed E-state index contributed by atoms with van der Waals surface area (Å²) in [5.41, 5.74) is 7.45. The molecule has 1 saturated heterocycles. The van der Waals surface area contributed by atoms with Gasteiger partial charge >= 0.3 is 5.22 Å². The number of hydrogen-bond acceptors (Lipinski definition) is 23. The van der Waals surface area contributed by atoms with Crippen molar-refractivity contribution < 1.29 is 99.4 Å². The zero-order valence-electron chi connectivity index (χ0n) is 58.4. The highest BCUT2D eigenvalue weighted by Gasteiger charge is 2.45. The summed E-state index contributed by atoms with van der Waals surface area (Å²) in [6.45, 7) is 6.78. The van der Waals surface area contributed by atoms with Crippen LogP contribution in [-0.4, -0.2) is 206 Å². The van der Waals surface area contributed by atoms with E-state index in [1.165, 1.54) is 13.0 Å². The number of nitrogens with two attached hydrogens (primary N) is 1. The zero-order chi connectivity index (χ0) is 76.0. The first-order chi connectivity index (χ1) is 49.2. The number of nitrogens with one attached hydrogen (secondary N) is 8. The molecule has 5 heterocycles. The lowest BCUT2D eigenvalue weighted by atomic mass is 9.85. The predicted octanol–water partition coefficient (Wildman–Crippen LogP) is -0.268. The van der Waals surface area contributed by atoms with Crippen LogP contribution in [0.1, 0.15) is 97.6 Å². The second-order valence-corrected chi connectivity index (χ2v) is 30.2. The van der Waals surface area contributed by atoms with Crippen molar-refractivity contribution in [2.24, 2.45) is 41.2 Å². The smallest absolute Gasteiger partial charge is 0.335 e. The summed E-state index contributed by atoms with van der Waals surface area (Å²) >= 11 is 0. The summed E-state index contributed by atoms with van der Waals surface area (Å²) in [7, 11) is -6.12. The number of sulfone groups is 1. The number of rotatable bonds is 23. The van der Waals surface area contributed by atoms with E-state index >= 15 is 4.21 Å². The fraction of sp³-hybridized carbons (Fsp3) is 0.507. The van der Waals surface area contributed by atoms with E-state index in [-0.39, 0.29) is 65.5 Å². The number of ether oxygens (including phenoxy) is 2. The molecule has 3 aliphatic rings. The Hall–Kier alpha value is -9.84. The van der Waals surface area contributed by atoms with Gasteiger partial charge in [-0.1, -0.05) is 65.2 Å². The lowest BCUT2D eigenvalue weighted by molar-refractivity contribution is -0.145. The van der Waals surface area contributed by atoms with E-state index in [1.54, 1.807) is 95.3 Å². The van der Waals surface area contributed by atoms with Crippen LogP contribution < -0.4 is 52.4 Å². The largest absolute Gasteiger partial charge is 0.493 e. The standard InChI is InChI=1S/C69H88N12O21S2/c1-8-35(4)60-65(95)72-28-57(90)74-49-33-103(97)67-47(22-40(63(93)71-29-58(91)77-60)23-53(86)61(37(6)54(87)31-82)78-64(94)50-26-43(83)30-81(50)68(96)41(24-51(49)84)25-55(70)88)46-18-17-45(27-48(46)75-67)101-32-38-9-13-42(14-10-38)73-62(92)36(5)21-52(85)59(34(2)3)76-56(89)19-20-100-44-15-11-39(12-16-44)66-79-80-69(102-66)104(7,98)99/h9-18,27,34-37,40-41,43,49-50,54,59-61,75,82-83,87H,8,19-26,28-33H2,1-7H3,(H2,70,88)(H,71,93)(H,72,95)(H,73,92)(H,74,90)(H,76,89)(H,77,91)(H,78,94)/t35-,36+,37-,40?,41-,43?,49?,50-,54-,59-,60-,61-,103+/m0/s1. The molecule has 33 nitrogen and oxygen atoms in total. The summed E-state index contributed by atoms with van der Waals surface area (Å²) in [5.74, 6) is -16.1. The van der Waals surface area contributed by atoms with E-state index in [9.17, 15) is 81.3 Å². The number of amides is 9. The van der Waals surface area contributed by atoms with Crippen molar-refractivity contribution in [2.45, 2.75) is 152 Å². The van der Waals surface area contributed by atoms with Crippen LogP contribution in [0, 0.1) is 35.5 Å². The van der Waals surface area contributed by atoms with Gasteiger partial charge in [0, 0.05) is 85.4 Å². The highest BCUT2D eigenvalue weighted by Crippen LogP contribution is 2.34. The summed E-state index contributed by atoms with van der Waals surface area (Å²) in [4.78, 5) is 172. The third-order valence-corrected chi connectivity index (χ3v) is 20.7. The molecule has 2 bridgehead atoms. The number of aliphatic hydroxyl groups is 3. The molecule has 9 amide bonds. The average Bonchev–Trinajstić information content (AvgIpc) is 1.62. The van der Waals surface area contributed by atoms with Gasteiger partial charge in [0.05, 0.1) is 91.0 Å². The first kappa shape index (κ1) is 79.9. The Bertz CT molecular complexity index is 4180. The molecule has 13 atom stereocenters. The Morgan fingerprint density at radius 1 is 0.817 bits per heavy atom. The number of aliphatic hydroxyl groups excluding tert-OH is 3. The molecule has 562 valence electrons. The lowest BCUT2D eigenvalue weighted by Crippen LogP contribution is -2.56. The van der Waals surface area contributed by atoms with Crippen LogP contribution in [0.5, 0.6) is 11.5 Å². The van der Waals surface area contributed by atoms with E-state index in [2.05, 4.69) is 52.4 Å². The van der Waals surface area contributed by atoms with E-state index in [1.807, 2.05) is 0 Å². The molecule has 3 aliphatic heterocycles. The molecule has 104 heavy (non-hydrogen) atoms. The first-order valence-corrected chi connectivity index (χ1v) is 37.1. The van der Waals surface area contributed by atoms with Gasteiger partial charge in [-0.25, -0.2) is 8.42 Å². The minimum Gasteiger partial charge on any atom is -0.493 e. The van der Waals surface area contributed by atoms with E-state index < -0.39 is 227 Å². The summed E-state index contributed by atoms with van der Waals surface area (Å²) < 4.78 is 55.9. The van der Waals surface area contributed by atoms with Gasteiger partial charge in [0.2, 0.25) is 68.9 Å². The number of aromatic amines is 1. The number of aromatic nitrogens is 3. The van der Waals surface area contributed by atoms with Crippen molar-refractivity contribution in [1.29, 1.82) is 0 Å². The fourth-order valence-corrected chi connectivity index (χ4v) is 14.1. The van der Waals surface area contributed by atoms with Crippen LogP contribution in [0.2, 0.25) is 0 Å². The number of benzene rings is 3. The Morgan fingerprint density at radius 2 is 1.49 bits per heavy atom. The summed E-state index contributed by atoms with van der Waals surface area (Å²) in [6.07, 6.45) is -5.33. The number of primary amides is 1. The van der Waals surface area contributed by atoms with Gasteiger partial charge in [0.1, 0.15) is 35.2 Å². The minimum absolute atomic E-state index is 0.0122. The first-order valence-electron chi connectivity index (χ1n) is 33.9. The SMILES string of the molecule is CC[C@H](C)[C@@H]1NC(=O)CNC(=O)C2CC(=O)[C@H]([C@@H](C)[C@@H](O)CO)NC(=O)[C@@H]3CC(O)CN3C(=O)[C@H](CC(N)=O)CC(=O)C(C[S@@](=O)c3[nH]c4cc(OCc5ccc(NC(=O)[C@H](C)CC(=O)[C@@H](NC(=O)CCOc6ccc(-c7nnc(S(C)(=O)=O)o7)cc6)C(C)C)cc5)ccc4c3C2)NC(=O)CNC1=O. The lowest BCUT2D eigenvalue weighted by Gasteiger charge is -2.32. The Kier molecular flexibility index (Phi) is 27.3. The quantitative estimate of drug-likeness (QED) is 0.0400. The van der Waals surface area contributed by atoms with Gasteiger partial charge in [0.15, 0.2) is 17.3 Å². The Balaban J connectivity index is 1.01. The number of hydrogen-bond donors (Lipinski definition) is 12. The van der Waals surface area contributed by atoms with Gasteiger partial charge in [0.25, 0.3) is 0 Å². The second kappa shape index (κ2) is 35.6. The number of carbonyl (C=O) groups excluding carboxylic acids is 12. The van der Waals surface area contributed by atoms with E-state index in [0.29, 0.717) is 34.4 Å². The highest BCUT2D eigenvalue weighted by molar-refractivity contribution is 7.90. The molecule has 8 rings (SSSR count). The van der Waals surface area contributed by atoms with Crippen LogP contribution >= 0.6 is 0 Å². The van der Waals surface area contributed by atoms with Gasteiger partial charge in [-0.2, -0.15) is 0 Å². The Morgan fingerprint density at radius 3 is 2.13 bits per heavy atom. The molecule has 3 unspecified atom stereocenters. The number of nitrogens with zero attached hydrogens (tertiary/aromatic N) is 3. The molecule has 1 fully saturated rings. The fourth-order valence-electron chi connectivity index (χ4n) is 12.3. The third-order valence-electron chi connectivity index (χ3n) is 18.4. The molecule has 0 radical (unpaired) electrons. The molecular weight excluding hydrogens is 1400 g/mol. The van der Waals surface area contributed by atoms with Gasteiger partial charge < -0.3 is 82.0 Å². The van der Waals surface area contributed by atoms with E-state index in [0.717, 1.165) is 11.2 Å². The number of fused-ring (bicyclic) bond motifs is 5. The molecular formula is C69H88N12O21S2. The number of Topliss-reactive ketones (excluding diaryl/α,β-unsaturated/α-hetero) is 3. The number of ketones is 3. The third kappa shape index (κ3) is 21.0. The van der Waals surface area contributed by atoms with Crippen molar-refractivity contribution in [3.8, 4) is 23.0 Å². The second-order valence-electron chi connectivity index (χ2n) is 26.8. The molecule has 0 saturated carbocycles. The van der Waals surface area contributed by atoms with Crippen molar-refractivity contribution >= 4 is 108 Å². The monoisotopic (exact) mass is 1480 g/mol. The molecule has 35 heteroatoms. The van der Waals surface area contributed by atoms with E-state index in [4.69, 9.17) is 19.6 Å². The van der Waals surface area contributed by atoms with Crippen LogP contribution in [0.4, 0.5) is 5.69 Å². The minimum atomic E-state index is -3.70. The van der Waals surface area contributed by atoms with Crippen molar-refractivity contribution in [3.63, 3.8) is 0 Å². The van der Waals surface area contributed by atoms with Crippen molar-refractivity contribution in [3.05, 3.63) is 77.9 Å². The summed E-state index contributed by atoms with van der Waals surface area (Å²) in [6, 6.07) is 10.3. The molecule has 13 N–H and O–H groups in total. The van der Waals surface area contributed by atoms with Crippen LogP contribution in [-0.2, 0) is 91.2 Å². The highest BCUT2D eigenvalue weighted by atomic mass is 32.2. The summed E-state index contributed by atoms with van der Waals surface area (Å²) in [5, 5.41) is 57.2. The normalized spacial score (nSPS) is 22.8. The van der Waals surface area contributed by atoms with Crippen molar-refractivity contribution in [2.75, 3.05) is 50.2 Å². The molecule has 5 aromatic rings. The zero-order valence-corrected chi connectivity index (χ0v) is 60.0. The molecule has 0 spiro atoms. The van der Waals surface area contributed by atoms with Crippen molar-refractivity contribution in [1.82, 2.24) is 52.0 Å². The average molecular weight is 1490 g/mol. The maximum absolute atomic E-state index is 15.3. The number of anilines is 1. The molecule has 3 aromatic carbocycles. The van der Waals surface area contributed by atoms with Crippen LogP contribution in [0.15, 0.2) is 81.4 Å². The van der Waals surface area contributed by atoms with Crippen LogP contribution in [0.3, 0.4) is 0 Å². The maximum atomic E-state index is 15.3. The van der Waals surface area contributed by atoms with Gasteiger partial charge in [-0.3, -0.25) is 61.7 Å². The molecule has 2 aromatic heterocycles. The van der Waals surface area contributed by atoms with Gasteiger partial charge in [-0.05, 0) is 77.9 Å². The molecule has 0 aliphatic carbocycles. The predicted molar refractivity (Wildman–Crippen MR) is 371 cm³/mol. The van der Waals surface area contributed by atoms with Crippen LogP contribution in [0.25, 0.3) is 22.4 Å². The topological polar surface area (TPSA) is 503 Å².